The average Bonchev–Trinajstić information content (AvgIpc) is 2.94. The summed E-state index contributed by atoms with van der Waals surface area (Å²) in [6, 6.07) is 2.13. The van der Waals surface area contributed by atoms with E-state index in [-0.39, 0.29) is 16.2 Å². The molecule has 2 nitrogen and oxygen atoms in total. The predicted molar refractivity (Wildman–Crippen MR) is 89.4 cm³/mol. The first kappa shape index (κ1) is 15.5. The predicted octanol–water partition coefficient (Wildman–Crippen LogP) is 5.82. The van der Waals surface area contributed by atoms with E-state index >= 15 is 0 Å². The lowest BCUT2D eigenvalue weighted by Crippen LogP contribution is -2.39. The highest BCUT2D eigenvalue weighted by Crippen LogP contribution is 2.60. The van der Waals surface area contributed by atoms with Crippen LogP contribution in [0.3, 0.4) is 0 Å². The lowest BCUT2D eigenvalue weighted by atomic mass is 9.57. The second-order valence-corrected chi connectivity index (χ2v) is 8.94. The third-order valence-corrected chi connectivity index (χ3v) is 4.82. The van der Waals surface area contributed by atoms with Crippen molar-refractivity contribution in [1.29, 1.82) is 0 Å². The molecule has 2 aliphatic rings. The van der Waals surface area contributed by atoms with Crippen molar-refractivity contribution in [1.82, 2.24) is 0 Å². The minimum atomic E-state index is -0.0730. The van der Waals surface area contributed by atoms with Crippen molar-refractivity contribution in [3.63, 3.8) is 0 Å². The maximum absolute atomic E-state index is 5.98. The van der Waals surface area contributed by atoms with Crippen molar-refractivity contribution >= 4 is 0 Å². The van der Waals surface area contributed by atoms with Crippen LogP contribution in [0.5, 0.6) is 0 Å². The van der Waals surface area contributed by atoms with Crippen molar-refractivity contribution in [2.75, 3.05) is 0 Å². The lowest BCUT2D eigenvalue weighted by Gasteiger charge is -2.46. The molecule has 1 aromatic heterocycles. The van der Waals surface area contributed by atoms with Crippen molar-refractivity contribution < 1.29 is 9.15 Å². The smallest absolute Gasteiger partial charge is 0.111 e. The molecule has 2 heterocycles. The van der Waals surface area contributed by atoms with Crippen LogP contribution in [0.25, 0.3) is 0 Å². The summed E-state index contributed by atoms with van der Waals surface area (Å²) >= 11 is 0. The Morgan fingerprint density at radius 1 is 1.18 bits per heavy atom. The molecule has 0 fully saturated rings. The van der Waals surface area contributed by atoms with Gasteiger partial charge >= 0.3 is 0 Å². The molecule has 0 saturated heterocycles. The van der Waals surface area contributed by atoms with Gasteiger partial charge in [0.15, 0.2) is 0 Å². The first-order valence-corrected chi connectivity index (χ1v) is 8.27. The molecule has 1 aliphatic carbocycles. The van der Waals surface area contributed by atoms with E-state index in [1.165, 1.54) is 5.56 Å². The minimum Gasteiger partial charge on any atom is -0.469 e. The van der Waals surface area contributed by atoms with Crippen LogP contribution in [0.2, 0.25) is 0 Å². The van der Waals surface area contributed by atoms with Gasteiger partial charge in [-0.15, -0.1) is 0 Å². The van der Waals surface area contributed by atoms with Gasteiger partial charge in [0.1, 0.15) is 11.5 Å². The average molecular weight is 300 g/mol. The van der Waals surface area contributed by atoms with E-state index in [2.05, 4.69) is 59.8 Å². The molecule has 120 valence electrons. The molecule has 1 aromatic rings. The van der Waals surface area contributed by atoms with Crippen LogP contribution >= 0.6 is 0 Å². The van der Waals surface area contributed by atoms with Crippen LogP contribution in [0.4, 0.5) is 0 Å². The Bertz CT molecular complexity index is 619. The van der Waals surface area contributed by atoms with Crippen LogP contribution in [0, 0.1) is 16.2 Å². The summed E-state index contributed by atoms with van der Waals surface area (Å²) in [7, 11) is 0. The van der Waals surface area contributed by atoms with Gasteiger partial charge in [-0.05, 0) is 47.5 Å². The summed E-state index contributed by atoms with van der Waals surface area (Å²) in [6.07, 6.45) is 10.4. The van der Waals surface area contributed by atoms with E-state index in [4.69, 9.17) is 9.15 Å². The number of ether oxygens (including phenoxy) is 1. The van der Waals surface area contributed by atoms with E-state index < -0.39 is 0 Å². The second-order valence-electron chi connectivity index (χ2n) is 8.94. The largest absolute Gasteiger partial charge is 0.469 e. The van der Waals surface area contributed by atoms with E-state index in [0.29, 0.717) is 5.92 Å². The molecule has 0 amide bonds. The number of hydrogen-bond acceptors (Lipinski definition) is 2. The van der Waals surface area contributed by atoms with Crippen LogP contribution < -0.4 is 0 Å². The first-order valence-electron chi connectivity index (χ1n) is 8.27. The summed E-state index contributed by atoms with van der Waals surface area (Å²) in [5, 5.41) is 0. The lowest BCUT2D eigenvalue weighted by molar-refractivity contribution is 0.121. The summed E-state index contributed by atoms with van der Waals surface area (Å²) in [5.74, 6) is 2.54. The van der Waals surface area contributed by atoms with Gasteiger partial charge in [0.05, 0.1) is 17.9 Å². The molecule has 0 aromatic carbocycles. The Balaban J connectivity index is 2.16. The Morgan fingerprint density at radius 3 is 2.55 bits per heavy atom. The minimum absolute atomic E-state index is 0.0730. The zero-order valence-electron chi connectivity index (χ0n) is 14.7. The quantitative estimate of drug-likeness (QED) is 0.602. The maximum Gasteiger partial charge on any atom is 0.111 e. The molecular weight excluding hydrogens is 272 g/mol. The second kappa shape index (κ2) is 4.78. The van der Waals surface area contributed by atoms with Gasteiger partial charge in [-0.25, -0.2) is 0 Å². The van der Waals surface area contributed by atoms with E-state index in [1.807, 2.05) is 12.5 Å². The van der Waals surface area contributed by atoms with Gasteiger partial charge < -0.3 is 9.15 Å². The molecule has 1 spiro atoms. The van der Waals surface area contributed by atoms with E-state index in [0.717, 1.165) is 24.4 Å². The molecule has 2 atom stereocenters. The van der Waals surface area contributed by atoms with Crippen molar-refractivity contribution in [3.8, 4) is 0 Å². The zero-order valence-corrected chi connectivity index (χ0v) is 14.7. The highest BCUT2D eigenvalue weighted by atomic mass is 16.5. The molecule has 0 bridgehead atoms. The highest BCUT2D eigenvalue weighted by Gasteiger charge is 2.54. The summed E-state index contributed by atoms with van der Waals surface area (Å²) < 4.78 is 11.9. The highest BCUT2D eigenvalue weighted by molar-refractivity contribution is 5.39. The molecule has 1 aliphatic heterocycles. The standard InChI is InChI=1S/C20H28O2/c1-18(2,3)13-15-20(10-12-21-15)9-7-14-8-11-22-16(14)17(20)19(4,5)6/h8,10-13,17H,7,9H2,1-6H3/b15-13-. The topological polar surface area (TPSA) is 22.4 Å². The summed E-state index contributed by atoms with van der Waals surface area (Å²) in [6.45, 7) is 13.6. The number of furan rings is 1. The fourth-order valence-corrected chi connectivity index (χ4v) is 4.12. The number of allylic oxidation sites excluding steroid dienone is 2. The van der Waals surface area contributed by atoms with E-state index in [9.17, 15) is 0 Å². The van der Waals surface area contributed by atoms with Crippen molar-refractivity contribution in [3.05, 3.63) is 47.8 Å². The Kier molecular flexibility index (Phi) is 3.36. The van der Waals surface area contributed by atoms with Crippen molar-refractivity contribution in [2.24, 2.45) is 16.2 Å². The monoisotopic (exact) mass is 300 g/mol. The zero-order chi connectivity index (χ0) is 16.2. The third kappa shape index (κ3) is 2.43. The first-order chi connectivity index (χ1) is 10.1. The van der Waals surface area contributed by atoms with E-state index in [1.54, 1.807) is 0 Å². The van der Waals surface area contributed by atoms with Crippen LogP contribution in [-0.2, 0) is 11.2 Å². The molecule has 0 radical (unpaired) electrons. The summed E-state index contributed by atoms with van der Waals surface area (Å²) in [5.41, 5.74) is 1.49. The third-order valence-electron chi connectivity index (χ3n) is 4.82. The van der Waals surface area contributed by atoms with Gasteiger partial charge in [-0.1, -0.05) is 41.5 Å². The Hall–Kier alpha value is -1.44. The number of hydrogen-bond donors (Lipinski definition) is 0. The van der Waals surface area contributed by atoms with Crippen LogP contribution in [0.15, 0.2) is 40.9 Å². The van der Waals surface area contributed by atoms with Crippen molar-refractivity contribution in [2.45, 2.75) is 60.3 Å². The number of rotatable bonds is 0. The number of fused-ring (bicyclic) bond motifs is 1. The van der Waals surface area contributed by atoms with Crippen LogP contribution in [-0.4, -0.2) is 0 Å². The molecule has 2 unspecified atom stereocenters. The normalized spacial score (nSPS) is 29.9. The van der Waals surface area contributed by atoms with Gasteiger partial charge in [0, 0.05) is 5.92 Å². The van der Waals surface area contributed by atoms with Gasteiger partial charge in [-0.2, -0.15) is 0 Å². The Morgan fingerprint density at radius 2 is 1.91 bits per heavy atom. The van der Waals surface area contributed by atoms with Gasteiger partial charge in [-0.3, -0.25) is 0 Å². The number of aryl methyl sites for hydroxylation is 1. The molecular formula is C20H28O2. The molecule has 22 heavy (non-hydrogen) atoms. The fraction of sp³-hybridized carbons (Fsp3) is 0.600. The fourth-order valence-electron chi connectivity index (χ4n) is 4.12. The SMILES string of the molecule is CC(C)(C)/C=C1\OC=CC12CCc1ccoc1C2C(C)(C)C. The van der Waals surface area contributed by atoms with Crippen LogP contribution in [0.1, 0.15) is 65.2 Å². The van der Waals surface area contributed by atoms with Gasteiger partial charge in [0.25, 0.3) is 0 Å². The maximum atomic E-state index is 5.98. The Labute approximate surface area is 134 Å². The molecule has 3 rings (SSSR count). The molecule has 0 saturated carbocycles. The molecule has 2 heteroatoms. The van der Waals surface area contributed by atoms with Gasteiger partial charge in [0.2, 0.25) is 0 Å². The molecule has 0 N–H and O–H groups in total. The summed E-state index contributed by atoms with van der Waals surface area (Å²) in [4.78, 5) is 0.